The second kappa shape index (κ2) is 11.8. The SMILES string of the molecule is C=CCOc1ccc(Br)cc1/C=C(\Sc1nnc(-c2cc(OC)cc(OC)c2)n1CC)C(=O)O. The summed E-state index contributed by atoms with van der Waals surface area (Å²) in [6, 6.07) is 10.8. The van der Waals surface area contributed by atoms with Crippen LogP contribution in [0.25, 0.3) is 17.5 Å². The molecule has 0 amide bonds. The second-order valence-corrected chi connectivity index (χ2v) is 8.77. The van der Waals surface area contributed by atoms with Crippen molar-refractivity contribution in [1.82, 2.24) is 14.8 Å². The zero-order valence-corrected chi connectivity index (χ0v) is 21.4. The fourth-order valence-electron chi connectivity index (χ4n) is 3.09. The standard InChI is InChI=1S/C24H24BrN3O5S/c1-5-9-33-20-8-7-17(25)10-15(20)13-21(23(29)30)34-24-27-26-22(28(24)6-2)16-11-18(31-3)14-19(12-16)32-4/h5,7-8,10-14H,1,6,9H2,2-4H3,(H,29,30)/b21-13-. The fourth-order valence-corrected chi connectivity index (χ4v) is 4.34. The van der Waals surface area contributed by atoms with Crippen molar-refractivity contribution in [3.05, 3.63) is 64.0 Å². The van der Waals surface area contributed by atoms with Crippen LogP contribution in [0.15, 0.2) is 63.6 Å². The molecule has 0 aliphatic carbocycles. The summed E-state index contributed by atoms with van der Waals surface area (Å²) < 4.78 is 19.0. The van der Waals surface area contributed by atoms with Crippen LogP contribution in [0.5, 0.6) is 17.2 Å². The Morgan fingerprint density at radius 1 is 1.18 bits per heavy atom. The van der Waals surface area contributed by atoms with Crippen LogP contribution in [0.2, 0.25) is 0 Å². The zero-order valence-electron chi connectivity index (χ0n) is 18.9. The van der Waals surface area contributed by atoms with Gasteiger partial charge in [0.2, 0.25) is 0 Å². The number of halogens is 1. The summed E-state index contributed by atoms with van der Waals surface area (Å²) in [4.78, 5) is 12.2. The molecule has 1 aromatic heterocycles. The maximum absolute atomic E-state index is 12.1. The lowest BCUT2D eigenvalue weighted by Crippen LogP contribution is -2.03. The lowest BCUT2D eigenvalue weighted by Gasteiger charge is -2.11. The number of carboxylic acids is 1. The van der Waals surface area contributed by atoms with E-state index in [0.29, 0.717) is 46.9 Å². The Hall–Kier alpha value is -3.24. The van der Waals surface area contributed by atoms with E-state index in [1.54, 1.807) is 44.6 Å². The highest BCUT2D eigenvalue weighted by Crippen LogP contribution is 2.35. The summed E-state index contributed by atoms with van der Waals surface area (Å²) >= 11 is 4.44. The van der Waals surface area contributed by atoms with Gasteiger partial charge in [0.1, 0.15) is 28.8 Å². The molecular weight excluding hydrogens is 522 g/mol. The Morgan fingerprint density at radius 2 is 1.88 bits per heavy atom. The molecule has 0 unspecified atom stereocenters. The molecule has 34 heavy (non-hydrogen) atoms. The minimum absolute atomic E-state index is 0.0680. The summed E-state index contributed by atoms with van der Waals surface area (Å²) in [7, 11) is 3.15. The van der Waals surface area contributed by atoms with E-state index < -0.39 is 5.97 Å². The molecule has 0 bridgehead atoms. The van der Waals surface area contributed by atoms with Crippen molar-refractivity contribution in [2.75, 3.05) is 20.8 Å². The van der Waals surface area contributed by atoms with E-state index in [0.717, 1.165) is 21.8 Å². The van der Waals surface area contributed by atoms with E-state index in [9.17, 15) is 9.90 Å². The van der Waals surface area contributed by atoms with E-state index in [1.165, 1.54) is 0 Å². The molecule has 178 valence electrons. The van der Waals surface area contributed by atoms with Crippen molar-refractivity contribution in [2.24, 2.45) is 0 Å². The summed E-state index contributed by atoms with van der Waals surface area (Å²) in [5.41, 5.74) is 1.35. The Kier molecular flexibility index (Phi) is 8.78. The van der Waals surface area contributed by atoms with Crippen molar-refractivity contribution < 1.29 is 24.1 Å². The summed E-state index contributed by atoms with van der Waals surface area (Å²) in [5.74, 6) is 1.26. The number of hydrogen-bond acceptors (Lipinski definition) is 7. The number of carboxylic acid groups (broad SMARTS) is 1. The molecule has 3 aromatic rings. The van der Waals surface area contributed by atoms with Crippen molar-refractivity contribution in [2.45, 2.75) is 18.6 Å². The average molecular weight is 546 g/mol. The minimum Gasteiger partial charge on any atom is -0.497 e. The molecule has 0 atom stereocenters. The summed E-state index contributed by atoms with van der Waals surface area (Å²) in [6.45, 7) is 6.42. The summed E-state index contributed by atoms with van der Waals surface area (Å²) in [6.07, 6.45) is 3.18. The first kappa shape index (κ1) is 25.4. The Balaban J connectivity index is 2.02. The molecule has 8 nitrogen and oxygen atoms in total. The van der Waals surface area contributed by atoms with Crippen LogP contribution >= 0.6 is 27.7 Å². The Labute approximate surface area is 210 Å². The van der Waals surface area contributed by atoms with Gasteiger partial charge in [0.25, 0.3) is 0 Å². The number of nitrogens with zero attached hydrogens (tertiary/aromatic N) is 3. The number of thioether (sulfide) groups is 1. The van der Waals surface area contributed by atoms with Crippen molar-refractivity contribution in [3.63, 3.8) is 0 Å². The first-order valence-electron chi connectivity index (χ1n) is 10.2. The van der Waals surface area contributed by atoms with Crippen LogP contribution in [0.4, 0.5) is 0 Å². The van der Waals surface area contributed by atoms with Gasteiger partial charge in [-0.1, -0.05) is 28.6 Å². The van der Waals surface area contributed by atoms with Crippen LogP contribution in [-0.2, 0) is 11.3 Å². The third-order valence-corrected chi connectivity index (χ3v) is 6.16. The number of rotatable bonds is 11. The lowest BCUT2D eigenvalue weighted by molar-refractivity contribution is -0.131. The van der Waals surface area contributed by atoms with Crippen LogP contribution in [0.1, 0.15) is 12.5 Å². The number of benzene rings is 2. The molecule has 0 saturated heterocycles. The average Bonchev–Trinajstić information content (AvgIpc) is 3.25. The molecule has 0 fully saturated rings. The molecule has 1 heterocycles. The zero-order chi connectivity index (χ0) is 24.7. The number of ether oxygens (including phenoxy) is 3. The molecule has 3 rings (SSSR count). The predicted octanol–water partition coefficient (Wildman–Crippen LogP) is 5.53. The number of aliphatic carboxylic acids is 1. The second-order valence-electron chi connectivity index (χ2n) is 6.85. The molecule has 0 aliphatic rings. The molecule has 2 aromatic carbocycles. The highest BCUT2D eigenvalue weighted by Gasteiger charge is 2.20. The Bertz CT molecular complexity index is 1200. The van der Waals surface area contributed by atoms with Gasteiger partial charge in [0, 0.05) is 28.2 Å². The number of carbonyl (C=O) groups is 1. The number of aromatic nitrogens is 3. The van der Waals surface area contributed by atoms with Gasteiger partial charge in [0.05, 0.1) is 14.2 Å². The number of hydrogen-bond donors (Lipinski definition) is 1. The van der Waals surface area contributed by atoms with Gasteiger partial charge >= 0.3 is 5.97 Å². The molecular formula is C24H24BrN3O5S. The lowest BCUT2D eigenvalue weighted by atomic mass is 10.2. The molecule has 0 saturated carbocycles. The third-order valence-electron chi connectivity index (χ3n) is 4.67. The quantitative estimate of drug-likeness (QED) is 0.191. The Morgan fingerprint density at radius 3 is 2.47 bits per heavy atom. The third kappa shape index (κ3) is 6.00. The van der Waals surface area contributed by atoms with E-state index in [2.05, 4.69) is 32.7 Å². The first-order chi connectivity index (χ1) is 16.4. The van der Waals surface area contributed by atoms with Crippen molar-refractivity contribution in [3.8, 4) is 28.6 Å². The molecule has 0 spiro atoms. The van der Waals surface area contributed by atoms with E-state index >= 15 is 0 Å². The first-order valence-corrected chi connectivity index (χ1v) is 11.8. The molecule has 1 N–H and O–H groups in total. The smallest absolute Gasteiger partial charge is 0.342 e. The molecule has 0 aliphatic heterocycles. The maximum Gasteiger partial charge on any atom is 0.342 e. The largest absolute Gasteiger partial charge is 0.497 e. The van der Waals surface area contributed by atoms with Gasteiger partial charge in [-0.2, -0.15) is 0 Å². The van der Waals surface area contributed by atoms with E-state index in [4.69, 9.17) is 14.2 Å². The van der Waals surface area contributed by atoms with E-state index in [-0.39, 0.29) is 4.91 Å². The molecule has 0 radical (unpaired) electrons. The minimum atomic E-state index is -1.09. The van der Waals surface area contributed by atoms with Crippen molar-refractivity contribution in [1.29, 1.82) is 0 Å². The normalized spacial score (nSPS) is 11.2. The predicted molar refractivity (Wildman–Crippen MR) is 136 cm³/mol. The van der Waals surface area contributed by atoms with Gasteiger partial charge in [-0.25, -0.2) is 4.79 Å². The highest BCUT2D eigenvalue weighted by atomic mass is 79.9. The molecule has 10 heteroatoms. The van der Waals surface area contributed by atoms with Crippen LogP contribution in [-0.4, -0.2) is 46.7 Å². The van der Waals surface area contributed by atoms with E-state index in [1.807, 2.05) is 29.7 Å². The summed E-state index contributed by atoms with van der Waals surface area (Å²) in [5, 5.41) is 18.9. The van der Waals surface area contributed by atoms with Gasteiger partial charge in [-0.3, -0.25) is 0 Å². The topological polar surface area (TPSA) is 95.7 Å². The monoisotopic (exact) mass is 545 g/mol. The van der Waals surface area contributed by atoms with Crippen molar-refractivity contribution >= 4 is 39.7 Å². The fraction of sp³-hybridized carbons (Fsp3) is 0.208. The van der Waals surface area contributed by atoms with Crippen LogP contribution < -0.4 is 14.2 Å². The number of methoxy groups -OCH3 is 2. The highest BCUT2D eigenvalue weighted by molar-refractivity contribution is 9.10. The van der Waals surface area contributed by atoms with Gasteiger partial charge in [0.15, 0.2) is 11.0 Å². The van der Waals surface area contributed by atoms with Gasteiger partial charge in [-0.15, -0.1) is 10.2 Å². The van der Waals surface area contributed by atoms with Gasteiger partial charge in [-0.05, 0) is 55.1 Å². The van der Waals surface area contributed by atoms with Crippen LogP contribution in [0, 0.1) is 0 Å². The van der Waals surface area contributed by atoms with Crippen LogP contribution in [0.3, 0.4) is 0 Å². The van der Waals surface area contributed by atoms with Gasteiger partial charge < -0.3 is 23.9 Å². The maximum atomic E-state index is 12.1.